The van der Waals surface area contributed by atoms with Gasteiger partial charge in [-0.15, -0.1) is 0 Å². The number of rotatable bonds is 9. The lowest BCUT2D eigenvalue weighted by Crippen LogP contribution is -2.39. The molecule has 0 amide bonds. The van der Waals surface area contributed by atoms with Crippen molar-refractivity contribution in [1.82, 2.24) is 0 Å². The van der Waals surface area contributed by atoms with Gasteiger partial charge in [0.15, 0.2) is 6.29 Å². The molecule has 0 aliphatic carbocycles. The summed E-state index contributed by atoms with van der Waals surface area (Å²) in [5, 5.41) is 9.16. The maximum Gasteiger partial charge on any atom is 0.184 e. The average Bonchev–Trinajstić information content (AvgIpc) is 2.74. The molecule has 0 unspecified atom stereocenters. The van der Waals surface area contributed by atoms with Gasteiger partial charge in [0.2, 0.25) is 0 Å². The van der Waals surface area contributed by atoms with Crippen molar-refractivity contribution < 1.29 is 24.1 Å². The van der Waals surface area contributed by atoms with E-state index in [0.717, 1.165) is 29.7 Å². The summed E-state index contributed by atoms with van der Waals surface area (Å²) in [5.41, 5.74) is 2.10. The van der Waals surface area contributed by atoms with Crippen molar-refractivity contribution in [2.24, 2.45) is 5.92 Å². The second-order valence-corrected chi connectivity index (χ2v) is 6.74. The van der Waals surface area contributed by atoms with Crippen molar-refractivity contribution in [2.75, 3.05) is 26.9 Å². The molecule has 1 aliphatic rings. The van der Waals surface area contributed by atoms with Crippen LogP contribution in [0.5, 0.6) is 5.75 Å². The van der Waals surface area contributed by atoms with Crippen LogP contribution < -0.4 is 4.74 Å². The van der Waals surface area contributed by atoms with Crippen LogP contribution in [0.4, 0.5) is 0 Å². The van der Waals surface area contributed by atoms with Crippen LogP contribution in [0.2, 0.25) is 0 Å². The van der Waals surface area contributed by atoms with Gasteiger partial charge >= 0.3 is 0 Å². The first kappa shape index (κ1) is 19.8. The highest BCUT2D eigenvalue weighted by Gasteiger charge is 2.32. The molecule has 2 aromatic carbocycles. The van der Waals surface area contributed by atoms with Crippen LogP contribution in [-0.4, -0.2) is 38.1 Å². The predicted octanol–water partition coefficient (Wildman–Crippen LogP) is 3.71. The van der Waals surface area contributed by atoms with Crippen molar-refractivity contribution >= 4 is 0 Å². The molecular weight excluding hydrogens is 344 g/mol. The van der Waals surface area contributed by atoms with E-state index in [2.05, 4.69) is 0 Å². The Balaban J connectivity index is 1.57. The zero-order valence-corrected chi connectivity index (χ0v) is 15.8. The van der Waals surface area contributed by atoms with Gasteiger partial charge in [0.25, 0.3) is 0 Å². The Labute approximate surface area is 160 Å². The molecule has 0 bridgehead atoms. The lowest BCUT2D eigenvalue weighted by molar-refractivity contribution is -0.253. The van der Waals surface area contributed by atoms with Gasteiger partial charge in [-0.05, 0) is 30.5 Å². The first-order valence-electron chi connectivity index (χ1n) is 9.43. The summed E-state index contributed by atoms with van der Waals surface area (Å²) in [6, 6.07) is 17.8. The third-order valence-corrected chi connectivity index (χ3v) is 4.80. The molecule has 0 aromatic heterocycles. The van der Waals surface area contributed by atoms with E-state index < -0.39 is 0 Å². The molecule has 0 saturated carbocycles. The zero-order chi connectivity index (χ0) is 18.9. The van der Waals surface area contributed by atoms with E-state index in [1.807, 2.05) is 54.6 Å². The van der Waals surface area contributed by atoms with E-state index in [1.165, 1.54) is 0 Å². The Hall–Kier alpha value is -1.92. The molecule has 1 N–H and O–H groups in total. The first-order valence-corrected chi connectivity index (χ1v) is 9.43. The van der Waals surface area contributed by atoms with Gasteiger partial charge in [-0.1, -0.05) is 42.5 Å². The van der Waals surface area contributed by atoms with Crippen LogP contribution in [0.25, 0.3) is 0 Å². The van der Waals surface area contributed by atoms with E-state index in [4.69, 9.17) is 24.1 Å². The number of hydrogen-bond donors (Lipinski definition) is 1. The van der Waals surface area contributed by atoms with Gasteiger partial charge in [-0.2, -0.15) is 0 Å². The second kappa shape index (κ2) is 10.4. The Bertz CT molecular complexity index is 658. The molecule has 1 aliphatic heterocycles. The molecular formula is C22H28O5. The fraction of sp³-hybridized carbons (Fsp3) is 0.455. The smallest absolute Gasteiger partial charge is 0.184 e. The van der Waals surface area contributed by atoms with Crippen LogP contribution in [0.1, 0.15) is 30.3 Å². The molecule has 1 saturated heterocycles. The highest BCUT2D eigenvalue weighted by Crippen LogP contribution is 2.31. The molecule has 2 aromatic rings. The van der Waals surface area contributed by atoms with Crippen molar-refractivity contribution in [1.29, 1.82) is 0 Å². The number of ether oxygens (including phenoxy) is 4. The number of hydrogen-bond acceptors (Lipinski definition) is 5. The molecule has 0 spiro atoms. The SMILES string of the molecule is COc1ccc(COC[C@@H]2O[C@H](c3ccccc3)OC[C@H]2CCCO)cc1. The molecule has 3 rings (SSSR count). The van der Waals surface area contributed by atoms with E-state index in [-0.39, 0.29) is 24.9 Å². The van der Waals surface area contributed by atoms with E-state index in [1.54, 1.807) is 7.11 Å². The highest BCUT2D eigenvalue weighted by atomic mass is 16.7. The van der Waals surface area contributed by atoms with Crippen molar-refractivity contribution in [3.63, 3.8) is 0 Å². The van der Waals surface area contributed by atoms with Crippen LogP contribution in [-0.2, 0) is 20.8 Å². The minimum absolute atomic E-state index is 0.0613. The van der Waals surface area contributed by atoms with Gasteiger partial charge in [-0.25, -0.2) is 0 Å². The third kappa shape index (κ3) is 5.78. The molecule has 5 nitrogen and oxygen atoms in total. The van der Waals surface area contributed by atoms with E-state index >= 15 is 0 Å². The molecule has 3 atom stereocenters. The first-order chi connectivity index (χ1) is 13.3. The zero-order valence-electron chi connectivity index (χ0n) is 15.8. The lowest BCUT2D eigenvalue weighted by Gasteiger charge is -2.36. The largest absolute Gasteiger partial charge is 0.497 e. The van der Waals surface area contributed by atoms with Gasteiger partial charge in [0.05, 0.1) is 33.0 Å². The Morgan fingerprint density at radius 2 is 1.85 bits per heavy atom. The fourth-order valence-corrected chi connectivity index (χ4v) is 3.23. The van der Waals surface area contributed by atoms with Gasteiger partial charge in [0, 0.05) is 18.1 Å². The average molecular weight is 372 g/mol. The van der Waals surface area contributed by atoms with Gasteiger partial charge in [-0.3, -0.25) is 0 Å². The monoisotopic (exact) mass is 372 g/mol. The van der Waals surface area contributed by atoms with E-state index in [0.29, 0.717) is 19.8 Å². The molecule has 27 heavy (non-hydrogen) atoms. The van der Waals surface area contributed by atoms with Crippen LogP contribution in [0, 0.1) is 5.92 Å². The maximum absolute atomic E-state index is 9.16. The predicted molar refractivity (Wildman–Crippen MR) is 102 cm³/mol. The fourth-order valence-electron chi connectivity index (χ4n) is 3.23. The molecule has 146 valence electrons. The minimum atomic E-state index is -0.369. The Morgan fingerprint density at radius 3 is 2.56 bits per heavy atom. The summed E-state index contributed by atoms with van der Waals surface area (Å²) >= 11 is 0. The van der Waals surface area contributed by atoms with Crippen molar-refractivity contribution in [2.45, 2.75) is 31.8 Å². The number of benzene rings is 2. The summed E-state index contributed by atoms with van der Waals surface area (Å²) < 4.78 is 23.3. The van der Waals surface area contributed by atoms with Crippen LogP contribution in [0.15, 0.2) is 54.6 Å². The molecule has 0 radical (unpaired) electrons. The highest BCUT2D eigenvalue weighted by molar-refractivity contribution is 5.26. The van der Waals surface area contributed by atoms with E-state index in [9.17, 15) is 0 Å². The Morgan fingerprint density at radius 1 is 1.07 bits per heavy atom. The molecule has 5 heteroatoms. The number of aliphatic hydroxyl groups is 1. The quantitative estimate of drug-likeness (QED) is 0.727. The van der Waals surface area contributed by atoms with Crippen molar-refractivity contribution in [3.8, 4) is 5.75 Å². The molecule has 1 fully saturated rings. The summed E-state index contributed by atoms with van der Waals surface area (Å²) in [5.74, 6) is 1.05. The summed E-state index contributed by atoms with van der Waals surface area (Å²) in [6.07, 6.45) is 1.16. The second-order valence-electron chi connectivity index (χ2n) is 6.74. The Kier molecular flexibility index (Phi) is 7.66. The summed E-state index contributed by atoms with van der Waals surface area (Å²) in [7, 11) is 1.66. The minimum Gasteiger partial charge on any atom is -0.497 e. The summed E-state index contributed by atoms with van der Waals surface area (Å²) in [4.78, 5) is 0. The van der Waals surface area contributed by atoms with Gasteiger partial charge in [0.1, 0.15) is 5.75 Å². The normalized spacial score (nSPS) is 22.5. The van der Waals surface area contributed by atoms with Gasteiger partial charge < -0.3 is 24.1 Å². The topological polar surface area (TPSA) is 57.2 Å². The maximum atomic E-state index is 9.16. The standard InChI is InChI=1S/C22H28O5/c1-24-20-11-9-17(10-12-20)14-25-16-21-19(8-5-13-23)15-26-22(27-21)18-6-3-2-4-7-18/h2-4,6-7,9-12,19,21-23H,5,8,13-16H2,1H3/t19-,21+,22-/m1/s1. The van der Waals surface area contributed by atoms with Crippen LogP contribution >= 0.6 is 0 Å². The van der Waals surface area contributed by atoms with Crippen molar-refractivity contribution in [3.05, 3.63) is 65.7 Å². The summed E-state index contributed by atoms with van der Waals surface area (Å²) in [6.45, 7) is 1.80. The lowest BCUT2D eigenvalue weighted by atomic mass is 9.96. The third-order valence-electron chi connectivity index (χ3n) is 4.80. The number of methoxy groups -OCH3 is 1. The number of aliphatic hydroxyl groups excluding tert-OH is 1. The van der Waals surface area contributed by atoms with Crippen LogP contribution in [0.3, 0.4) is 0 Å². The molecule has 1 heterocycles.